The minimum absolute atomic E-state index is 0.0124. The van der Waals surface area contributed by atoms with Gasteiger partial charge in [-0.3, -0.25) is 13.9 Å². The maximum atomic E-state index is 14.2. The number of hydrogen-bond acceptors (Lipinski definition) is 5. The van der Waals surface area contributed by atoms with E-state index in [1.54, 1.807) is 43.5 Å². The molecule has 1 fully saturated rings. The Labute approximate surface area is 257 Å². The number of nitrogens with zero attached hydrogens (tertiary/aromatic N) is 2. The Hall–Kier alpha value is -3.27. The topological polar surface area (TPSA) is 96.0 Å². The van der Waals surface area contributed by atoms with Crippen LogP contribution in [0.2, 0.25) is 10.0 Å². The average Bonchev–Trinajstić information content (AvgIpc) is 3.50. The summed E-state index contributed by atoms with van der Waals surface area (Å²) in [4.78, 5) is 29.2. The number of ether oxygens (including phenoxy) is 1. The van der Waals surface area contributed by atoms with Gasteiger partial charge in [-0.15, -0.1) is 0 Å². The van der Waals surface area contributed by atoms with Crippen LogP contribution in [0.25, 0.3) is 0 Å². The number of sulfonamides is 1. The number of carbonyl (C=O) groups excluding carboxylic acids is 2. The quantitative estimate of drug-likeness (QED) is 0.262. The van der Waals surface area contributed by atoms with E-state index in [1.165, 1.54) is 29.2 Å². The van der Waals surface area contributed by atoms with E-state index in [-0.39, 0.29) is 39.1 Å². The fourth-order valence-corrected chi connectivity index (χ4v) is 7.01. The third kappa shape index (κ3) is 7.56. The van der Waals surface area contributed by atoms with Crippen molar-refractivity contribution in [1.29, 1.82) is 0 Å². The predicted molar refractivity (Wildman–Crippen MR) is 165 cm³/mol. The van der Waals surface area contributed by atoms with Gasteiger partial charge >= 0.3 is 0 Å². The second-order valence-corrected chi connectivity index (χ2v) is 12.9. The van der Waals surface area contributed by atoms with Gasteiger partial charge in [0.25, 0.3) is 10.0 Å². The summed E-state index contributed by atoms with van der Waals surface area (Å²) in [6.45, 7) is 1.32. The third-order valence-corrected chi connectivity index (χ3v) is 9.72. The van der Waals surface area contributed by atoms with Crippen molar-refractivity contribution in [3.63, 3.8) is 0 Å². The zero-order chi connectivity index (χ0) is 30.3. The Bertz CT molecular complexity index is 1480. The van der Waals surface area contributed by atoms with E-state index in [0.717, 1.165) is 35.6 Å². The van der Waals surface area contributed by atoms with Gasteiger partial charge in [-0.2, -0.15) is 0 Å². The number of hydrogen-bond donors (Lipinski definition) is 1. The summed E-state index contributed by atoms with van der Waals surface area (Å²) in [6, 6.07) is 18.6. The molecule has 1 aliphatic carbocycles. The fourth-order valence-electron chi connectivity index (χ4n) is 5.12. The summed E-state index contributed by atoms with van der Waals surface area (Å²) in [5, 5.41) is 3.47. The van der Waals surface area contributed by atoms with Gasteiger partial charge in [-0.05, 0) is 67.3 Å². The average molecular weight is 633 g/mol. The zero-order valence-electron chi connectivity index (χ0n) is 23.6. The Balaban J connectivity index is 1.73. The maximum absolute atomic E-state index is 14.2. The first-order chi connectivity index (χ1) is 20.1. The van der Waals surface area contributed by atoms with Crippen molar-refractivity contribution in [2.24, 2.45) is 0 Å². The number of anilines is 1. The molecule has 42 heavy (non-hydrogen) atoms. The zero-order valence-corrected chi connectivity index (χ0v) is 26.0. The molecule has 1 N–H and O–H groups in total. The highest BCUT2D eigenvalue weighted by Crippen LogP contribution is 2.33. The van der Waals surface area contributed by atoms with Crippen molar-refractivity contribution < 1.29 is 22.7 Å². The molecule has 2 amide bonds. The van der Waals surface area contributed by atoms with Gasteiger partial charge in [-0.1, -0.05) is 73.3 Å². The maximum Gasteiger partial charge on any atom is 0.264 e. The van der Waals surface area contributed by atoms with Gasteiger partial charge in [-0.25, -0.2) is 8.42 Å². The molecule has 1 atom stereocenters. The predicted octanol–water partition coefficient (Wildman–Crippen LogP) is 6.06. The molecule has 3 aromatic rings. The fraction of sp³-hybridized carbons (Fsp3) is 0.355. The Morgan fingerprint density at radius 2 is 1.67 bits per heavy atom. The van der Waals surface area contributed by atoms with E-state index >= 15 is 0 Å². The van der Waals surface area contributed by atoms with E-state index < -0.39 is 28.5 Å². The van der Waals surface area contributed by atoms with Crippen molar-refractivity contribution in [3.8, 4) is 5.75 Å². The molecule has 0 unspecified atom stereocenters. The van der Waals surface area contributed by atoms with E-state index in [9.17, 15) is 18.0 Å². The van der Waals surface area contributed by atoms with Crippen molar-refractivity contribution in [2.75, 3.05) is 18.0 Å². The molecular formula is C31H35Cl2N3O5S. The minimum atomic E-state index is -4.25. The van der Waals surface area contributed by atoms with Crippen LogP contribution < -0.4 is 14.4 Å². The van der Waals surface area contributed by atoms with Gasteiger partial charge < -0.3 is 15.0 Å². The summed E-state index contributed by atoms with van der Waals surface area (Å²) < 4.78 is 34.1. The summed E-state index contributed by atoms with van der Waals surface area (Å²) in [7, 11) is -2.69. The number of nitrogens with one attached hydrogen (secondary N) is 1. The van der Waals surface area contributed by atoms with E-state index in [1.807, 2.05) is 19.1 Å². The molecule has 0 heterocycles. The normalized spacial score (nSPS) is 14.3. The van der Waals surface area contributed by atoms with Crippen molar-refractivity contribution >= 4 is 50.7 Å². The smallest absolute Gasteiger partial charge is 0.264 e. The Kier molecular flexibility index (Phi) is 10.8. The molecular weight excluding hydrogens is 597 g/mol. The van der Waals surface area contributed by atoms with Crippen LogP contribution in [-0.2, 0) is 26.2 Å². The number of carbonyl (C=O) groups is 2. The van der Waals surface area contributed by atoms with Gasteiger partial charge in [0, 0.05) is 17.6 Å². The molecule has 0 saturated heterocycles. The van der Waals surface area contributed by atoms with E-state index in [0.29, 0.717) is 12.2 Å². The van der Waals surface area contributed by atoms with E-state index in [4.69, 9.17) is 27.9 Å². The second-order valence-electron chi connectivity index (χ2n) is 10.2. The lowest BCUT2D eigenvalue weighted by atomic mass is 10.1. The van der Waals surface area contributed by atoms with Gasteiger partial charge in [0.1, 0.15) is 18.3 Å². The van der Waals surface area contributed by atoms with Crippen LogP contribution >= 0.6 is 23.2 Å². The van der Waals surface area contributed by atoms with Crippen LogP contribution in [0, 0.1) is 0 Å². The van der Waals surface area contributed by atoms with Crippen LogP contribution in [0.5, 0.6) is 5.75 Å². The molecule has 4 rings (SSSR count). The molecule has 1 saturated carbocycles. The summed E-state index contributed by atoms with van der Waals surface area (Å²) in [5.41, 5.74) is 0.823. The van der Waals surface area contributed by atoms with Crippen molar-refractivity contribution in [3.05, 3.63) is 88.4 Å². The summed E-state index contributed by atoms with van der Waals surface area (Å²) >= 11 is 12.7. The molecule has 1 aliphatic rings. The number of amides is 2. The SMILES string of the molecule is CC[C@@H](C(=O)NC1CCCC1)N(Cc1ccc(OC)cc1)C(=O)CN(c1cc(Cl)ccc1Cl)S(=O)(=O)c1ccccc1. The minimum Gasteiger partial charge on any atom is -0.497 e. The number of benzene rings is 3. The summed E-state index contributed by atoms with van der Waals surface area (Å²) in [6.07, 6.45) is 4.21. The number of rotatable bonds is 12. The second kappa shape index (κ2) is 14.3. The lowest BCUT2D eigenvalue weighted by Gasteiger charge is -2.34. The van der Waals surface area contributed by atoms with Crippen molar-refractivity contribution in [2.45, 2.75) is 62.6 Å². The largest absolute Gasteiger partial charge is 0.497 e. The van der Waals surface area contributed by atoms with Crippen LogP contribution in [0.3, 0.4) is 0 Å². The van der Waals surface area contributed by atoms with Crippen LogP contribution in [0.15, 0.2) is 77.7 Å². The molecule has 0 radical (unpaired) electrons. The van der Waals surface area contributed by atoms with Gasteiger partial charge in [0.05, 0.1) is 22.7 Å². The molecule has 0 bridgehead atoms. The van der Waals surface area contributed by atoms with Crippen LogP contribution in [-0.4, -0.2) is 50.9 Å². The molecule has 224 valence electrons. The number of methoxy groups -OCH3 is 1. The highest BCUT2D eigenvalue weighted by molar-refractivity contribution is 7.92. The lowest BCUT2D eigenvalue weighted by molar-refractivity contribution is -0.140. The number of halogens is 2. The molecule has 8 nitrogen and oxygen atoms in total. The lowest BCUT2D eigenvalue weighted by Crippen LogP contribution is -2.53. The first-order valence-electron chi connectivity index (χ1n) is 13.9. The molecule has 0 aromatic heterocycles. The summed E-state index contributed by atoms with van der Waals surface area (Å²) in [5.74, 6) is -0.169. The molecule has 11 heteroatoms. The first kappa shape index (κ1) is 31.7. The standard InChI is InChI=1S/C31H35Cl2N3O5S/c1-3-28(31(38)34-24-9-7-8-10-24)35(20-22-13-16-25(41-2)17-14-22)30(37)21-36(29-19-23(32)15-18-27(29)33)42(39,40)26-11-5-4-6-12-26/h4-6,11-19,24,28H,3,7-10,20-21H2,1-2H3,(H,34,38)/t28-/m0/s1. The van der Waals surface area contributed by atoms with Gasteiger partial charge in [0.2, 0.25) is 11.8 Å². The Morgan fingerprint density at radius 1 is 1.00 bits per heavy atom. The third-order valence-electron chi connectivity index (χ3n) is 7.39. The monoisotopic (exact) mass is 631 g/mol. The van der Waals surface area contributed by atoms with Crippen LogP contribution in [0.4, 0.5) is 5.69 Å². The molecule has 3 aromatic carbocycles. The van der Waals surface area contributed by atoms with Crippen molar-refractivity contribution in [1.82, 2.24) is 10.2 Å². The van der Waals surface area contributed by atoms with Crippen LogP contribution in [0.1, 0.15) is 44.6 Å². The molecule has 0 spiro atoms. The highest BCUT2D eigenvalue weighted by atomic mass is 35.5. The Morgan fingerprint density at radius 3 is 2.29 bits per heavy atom. The highest BCUT2D eigenvalue weighted by Gasteiger charge is 2.35. The van der Waals surface area contributed by atoms with E-state index in [2.05, 4.69) is 5.32 Å². The molecule has 0 aliphatic heterocycles. The van der Waals surface area contributed by atoms with Gasteiger partial charge in [0.15, 0.2) is 0 Å². The first-order valence-corrected chi connectivity index (χ1v) is 16.1.